The predicted molar refractivity (Wildman–Crippen MR) is 167 cm³/mol. The van der Waals surface area contributed by atoms with Gasteiger partial charge < -0.3 is 4.74 Å². The molecule has 2 heteroatoms. The molecule has 0 aromatic heterocycles. The van der Waals surface area contributed by atoms with E-state index in [-0.39, 0.29) is 11.9 Å². The molecule has 0 aromatic carbocycles. The summed E-state index contributed by atoms with van der Waals surface area (Å²) in [5.41, 5.74) is 0. The summed E-state index contributed by atoms with van der Waals surface area (Å²) in [6.45, 7) is 9.32. The van der Waals surface area contributed by atoms with Crippen molar-refractivity contribution in [2.75, 3.05) is 0 Å². The van der Waals surface area contributed by atoms with Crippen LogP contribution in [0.1, 0.15) is 195 Å². The molecule has 1 fully saturated rings. The zero-order valence-corrected chi connectivity index (χ0v) is 26.5. The van der Waals surface area contributed by atoms with Crippen molar-refractivity contribution in [3.8, 4) is 0 Å². The third-order valence-electron chi connectivity index (χ3n) is 8.45. The number of hydrogen-bond acceptors (Lipinski definition) is 2. The normalized spacial score (nSPS) is 16.5. The number of esters is 1. The van der Waals surface area contributed by atoms with Crippen LogP contribution in [0.2, 0.25) is 0 Å². The molecule has 0 amide bonds. The fraction of sp³-hybridized carbons (Fsp3) is 0.917. The zero-order chi connectivity index (χ0) is 27.7. The first-order valence-corrected chi connectivity index (χ1v) is 17.4. The molecule has 0 spiro atoms. The Balaban J connectivity index is 1.86. The van der Waals surface area contributed by atoms with Crippen molar-refractivity contribution < 1.29 is 9.53 Å². The Kier molecular flexibility index (Phi) is 23.4. The molecule has 0 bridgehead atoms. The molecule has 38 heavy (non-hydrogen) atoms. The average molecular weight is 533 g/mol. The third kappa shape index (κ3) is 21.1. The first kappa shape index (κ1) is 35.2. The van der Waals surface area contributed by atoms with Crippen molar-refractivity contribution in [2.45, 2.75) is 195 Å². The van der Waals surface area contributed by atoms with Gasteiger partial charge in [-0.2, -0.15) is 0 Å². The van der Waals surface area contributed by atoms with Crippen molar-refractivity contribution in [2.24, 2.45) is 17.8 Å². The van der Waals surface area contributed by atoms with Gasteiger partial charge in [-0.05, 0) is 37.2 Å². The maximum atomic E-state index is 11.9. The minimum absolute atomic E-state index is 0.0181. The summed E-state index contributed by atoms with van der Waals surface area (Å²) >= 11 is 0. The minimum atomic E-state index is 0.0181. The zero-order valence-electron chi connectivity index (χ0n) is 26.5. The summed E-state index contributed by atoms with van der Waals surface area (Å²) in [4.78, 5) is 11.9. The van der Waals surface area contributed by atoms with E-state index in [1.54, 1.807) is 0 Å². The minimum Gasteiger partial charge on any atom is -0.430 e. The number of carbonyl (C=O) groups excluding carboxylic acids is 1. The molecule has 0 aliphatic carbocycles. The van der Waals surface area contributed by atoms with Gasteiger partial charge in [0.1, 0.15) is 11.7 Å². The molecular weight excluding hydrogens is 464 g/mol. The Morgan fingerprint density at radius 2 is 0.868 bits per heavy atom. The van der Waals surface area contributed by atoms with Gasteiger partial charge in [-0.1, -0.05) is 175 Å². The fourth-order valence-corrected chi connectivity index (χ4v) is 5.78. The Bertz CT molecular complexity index is 562. The lowest BCUT2D eigenvalue weighted by atomic mass is 9.93. The number of hydrogen-bond donors (Lipinski definition) is 0. The SMILES string of the molecule is CC(C)CCCCCCCCCCCCCC=C1OC(=O)C1CCCCCCCCCCCCCC(C)C. The van der Waals surface area contributed by atoms with Crippen LogP contribution in [0.4, 0.5) is 0 Å². The van der Waals surface area contributed by atoms with Gasteiger partial charge in [-0.15, -0.1) is 0 Å². The van der Waals surface area contributed by atoms with Crippen LogP contribution in [0, 0.1) is 17.8 Å². The van der Waals surface area contributed by atoms with Gasteiger partial charge in [0.25, 0.3) is 0 Å². The predicted octanol–water partition coefficient (Wildman–Crippen LogP) is 12.5. The summed E-state index contributed by atoms with van der Waals surface area (Å²) in [5, 5.41) is 0. The summed E-state index contributed by atoms with van der Waals surface area (Å²) in [6, 6.07) is 0. The van der Waals surface area contributed by atoms with Crippen LogP contribution in [0.25, 0.3) is 0 Å². The van der Waals surface area contributed by atoms with E-state index in [2.05, 4.69) is 33.8 Å². The topological polar surface area (TPSA) is 26.3 Å². The molecule has 1 aliphatic rings. The highest BCUT2D eigenvalue weighted by atomic mass is 16.6. The van der Waals surface area contributed by atoms with Crippen LogP contribution in [0.15, 0.2) is 11.8 Å². The van der Waals surface area contributed by atoms with Crippen LogP contribution < -0.4 is 0 Å². The Morgan fingerprint density at radius 3 is 1.24 bits per heavy atom. The van der Waals surface area contributed by atoms with Gasteiger partial charge in [-0.25, -0.2) is 0 Å². The molecule has 0 radical (unpaired) electrons. The van der Waals surface area contributed by atoms with E-state index in [1.807, 2.05) is 0 Å². The third-order valence-corrected chi connectivity index (χ3v) is 8.45. The maximum absolute atomic E-state index is 11.9. The van der Waals surface area contributed by atoms with Gasteiger partial charge in [0.15, 0.2) is 0 Å². The summed E-state index contributed by atoms with van der Waals surface area (Å²) < 4.78 is 5.36. The summed E-state index contributed by atoms with van der Waals surface area (Å²) in [6.07, 6.45) is 37.4. The van der Waals surface area contributed by atoms with E-state index in [9.17, 15) is 4.79 Å². The van der Waals surface area contributed by atoms with Crippen molar-refractivity contribution in [3.63, 3.8) is 0 Å². The second-order valence-corrected chi connectivity index (χ2v) is 13.3. The maximum Gasteiger partial charge on any atom is 0.321 e. The van der Waals surface area contributed by atoms with Gasteiger partial charge >= 0.3 is 5.97 Å². The molecule has 1 atom stereocenters. The second kappa shape index (κ2) is 25.2. The molecular formula is C36H68O2. The summed E-state index contributed by atoms with van der Waals surface area (Å²) in [7, 11) is 0. The van der Waals surface area contributed by atoms with Crippen LogP contribution in [-0.4, -0.2) is 5.97 Å². The lowest BCUT2D eigenvalue weighted by molar-refractivity contribution is -0.157. The molecule has 0 aromatic rings. The molecule has 2 nitrogen and oxygen atoms in total. The lowest BCUT2D eigenvalue weighted by Crippen LogP contribution is -2.32. The number of cyclic esters (lactones) is 1. The molecule has 1 saturated heterocycles. The number of unbranched alkanes of at least 4 members (excludes halogenated alkanes) is 21. The lowest BCUT2D eigenvalue weighted by Gasteiger charge is -2.28. The van der Waals surface area contributed by atoms with E-state index in [0.717, 1.165) is 30.4 Å². The van der Waals surface area contributed by atoms with Gasteiger partial charge in [0, 0.05) is 0 Å². The highest BCUT2D eigenvalue weighted by Crippen LogP contribution is 2.32. The Hall–Kier alpha value is -0.790. The van der Waals surface area contributed by atoms with Crippen LogP contribution in [0.3, 0.4) is 0 Å². The molecule has 1 unspecified atom stereocenters. The van der Waals surface area contributed by atoms with Crippen LogP contribution in [-0.2, 0) is 9.53 Å². The average Bonchev–Trinajstić information content (AvgIpc) is 2.87. The number of rotatable bonds is 28. The molecule has 224 valence electrons. The van der Waals surface area contributed by atoms with Crippen LogP contribution >= 0.6 is 0 Å². The van der Waals surface area contributed by atoms with Crippen molar-refractivity contribution >= 4 is 5.97 Å². The van der Waals surface area contributed by atoms with E-state index < -0.39 is 0 Å². The number of carbonyl (C=O) groups is 1. The fourth-order valence-electron chi connectivity index (χ4n) is 5.78. The second-order valence-electron chi connectivity index (χ2n) is 13.3. The highest BCUT2D eigenvalue weighted by molar-refractivity contribution is 5.82. The Labute approximate surface area is 239 Å². The van der Waals surface area contributed by atoms with E-state index in [1.165, 1.54) is 154 Å². The summed E-state index contributed by atoms with van der Waals surface area (Å²) in [5.74, 6) is 2.82. The monoisotopic (exact) mass is 533 g/mol. The first-order chi connectivity index (χ1) is 18.5. The van der Waals surface area contributed by atoms with E-state index in [4.69, 9.17) is 4.74 Å². The first-order valence-electron chi connectivity index (χ1n) is 17.4. The molecule has 0 saturated carbocycles. The standard InChI is InChI=1S/C36H68O2/c1-32(2)28-24-20-16-12-8-5-6-11-15-19-23-27-31-35-34(36(37)38-35)30-26-22-18-14-10-7-9-13-17-21-25-29-33(3)4/h31-34H,5-30H2,1-4H3. The van der Waals surface area contributed by atoms with Crippen molar-refractivity contribution in [1.29, 1.82) is 0 Å². The van der Waals surface area contributed by atoms with Gasteiger partial charge in [-0.3, -0.25) is 4.79 Å². The number of allylic oxidation sites excluding steroid dienone is 1. The van der Waals surface area contributed by atoms with E-state index in [0.29, 0.717) is 0 Å². The molecule has 1 rings (SSSR count). The number of ether oxygens (including phenoxy) is 1. The van der Waals surface area contributed by atoms with E-state index >= 15 is 0 Å². The van der Waals surface area contributed by atoms with Gasteiger partial charge in [0.05, 0.1) is 0 Å². The quantitative estimate of drug-likeness (QED) is 0.0739. The molecule has 1 heterocycles. The Morgan fingerprint density at radius 1 is 0.526 bits per heavy atom. The van der Waals surface area contributed by atoms with Crippen molar-refractivity contribution in [1.82, 2.24) is 0 Å². The van der Waals surface area contributed by atoms with Crippen LogP contribution in [0.5, 0.6) is 0 Å². The molecule has 1 aliphatic heterocycles. The smallest absolute Gasteiger partial charge is 0.321 e. The highest BCUT2D eigenvalue weighted by Gasteiger charge is 2.36. The van der Waals surface area contributed by atoms with Gasteiger partial charge in [0.2, 0.25) is 0 Å². The van der Waals surface area contributed by atoms with Crippen molar-refractivity contribution in [3.05, 3.63) is 11.8 Å². The molecule has 0 N–H and O–H groups in total. The largest absolute Gasteiger partial charge is 0.430 e.